The topological polar surface area (TPSA) is 55.1 Å². The predicted octanol–water partition coefficient (Wildman–Crippen LogP) is 3.70. The Hall–Kier alpha value is -1.71. The van der Waals surface area contributed by atoms with Crippen molar-refractivity contribution in [2.24, 2.45) is 5.73 Å². The molecule has 0 aliphatic heterocycles. The number of carbonyl (C=O) groups excluding carboxylic acids is 1. The van der Waals surface area contributed by atoms with Gasteiger partial charge < -0.3 is 11.1 Å². The van der Waals surface area contributed by atoms with E-state index in [9.17, 15) is 4.79 Å². The van der Waals surface area contributed by atoms with Gasteiger partial charge in [-0.3, -0.25) is 4.79 Å². The Morgan fingerprint density at radius 1 is 1.05 bits per heavy atom. The highest BCUT2D eigenvalue weighted by atomic mass is 35.5. The molecule has 0 aliphatic rings. The van der Waals surface area contributed by atoms with E-state index in [0.717, 1.165) is 11.3 Å². The summed E-state index contributed by atoms with van der Waals surface area (Å²) in [5, 5.41) is 4.42. The van der Waals surface area contributed by atoms with Crippen LogP contribution in [0.1, 0.15) is 15.9 Å². The average Bonchev–Trinajstić information content (AvgIpc) is 2.36. The van der Waals surface area contributed by atoms with E-state index in [1.165, 1.54) is 0 Å². The molecule has 0 spiro atoms. The van der Waals surface area contributed by atoms with Gasteiger partial charge in [0.25, 0.3) is 0 Å². The van der Waals surface area contributed by atoms with Crippen LogP contribution in [0.4, 0.5) is 5.69 Å². The number of amides is 1. The van der Waals surface area contributed by atoms with Crippen LogP contribution in [0.5, 0.6) is 0 Å². The second-order valence-electron chi connectivity index (χ2n) is 4.07. The number of rotatable bonds is 4. The summed E-state index contributed by atoms with van der Waals surface area (Å²) in [7, 11) is 0. The van der Waals surface area contributed by atoms with E-state index < -0.39 is 5.91 Å². The second-order valence-corrected chi connectivity index (χ2v) is 4.95. The summed E-state index contributed by atoms with van der Waals surface area (Å²) in [6, 6.07) is 12.3. The minimum absolute atomic E-state index is 0.437. The van der Waals surface area contributed by atoms with Gasteiger partial charge >= 0.3 is 0 Å². The van der Waals surface area contributed by atoms with E-state index in [1.807, 2.05) is 12.1 Å². The Kier molecular flexibility index (Phi) is 4.30. The zero-order chi connectivity index (χ0) is 13.8. The molecule has 0 bridgehead atoms. The van der Waals surface area contributed by atoms with Crippen molar-refractivity contribution in [1.82, 2.24) is 0 Å². The van der Waals surface area contributed by atoms with Gasteiger partial charge in [-0.2, -0.15) is 0 Å². The van der Waals surface area contributed by atoms with Crippen LogP contribution >= 0.6 is 23.2 Å². The summed E-state index contributed by atoms with van der Waals surface area (Å²) in [4.78, 5) is 10.9. The largest absolute Gasteiger partial charge is 0.381 e. The van der Waals surface area contributed by atoms with Gasteiger partial charge in [0.2, 0.25) is 5.91 Å². The number of anilines is 1. The molecule has 2 aromatic rings. The first kappa shape index (κ1) is 13.7. The molecular formula is C14H12Cl2N2O. The molecule has 2 rings (SSSR count). The summed E-state index contributed by atoms with van der Waals surface area (Å²) >= 11 is 11.8. The van der Waals surface area contributed by atoms with E-state index in [1.54, 1.807) is 30.3 Å². The molecule has 3 nitrogen and oxygen atoms in total. The highest BCUT2D eigenvalue weighted by molar-refractivity contribution is 6.34. The van der Waals surface area contributed by atoms with Crippen LogP contribution in [-0.4, -0.2) is 5.91 Å². The van der Waals surface area contributed by atoms with Crippen molar-refractivity contribution in [2.75, 3.05) is 5.32 Å². The molecule has 0 aromatic heterocycles. The van der Waals surface area contributed by atoms with Crippen LogP contribution < -0.4 is 11.1 Å². The summed E-state index contributed by atoms with van der Waals surface area (Å²) in [6.45, 7) is 0.593. The third-order valence-corrected chi connectivity index (χ3v) is 3.02. The molecule has 0 fully saturated rings. The van der Waals surface area contributed by atoms with Gasteiger partial charge in [-0.25, -0.2) is 0 Å². The monoisotopic (exact) mass is 294 g/mol. The Bertz CT molecular complexity index is 577. The van der Waals surface area contributed by atoms with Crippen LogP contribution in [0.3, 0.4) is 0 Å². The van der Waals surface area contributed by atoms with E-state index in [0.29, 0.717) is 22.2 Å². The van der Waals surface area contributed by atoms with Gasteiger partial charge in [-0.05, 0) is 48.0 Å². The minimum atomic E-state index is -0.437. The summed E-state index contributed by atoms with van der Waals surface area (Å²) in [6.07, 6.45) is 0. The number of nitrogens with one attached hydrogen (secondary N) is 1. The predicted molar refractivity (Wildman–Crippen MR) is 78.7 cm³/mol. The number of benzene rings is 2. The molecule has 0 saturated carbocycles. The van der Waals surface area contributed by atoms with Crippen LogP contribution in [0.2, 0.25) is 10.0 Å². The quantitative estimate of drug-likeness (QED) is 0.903. The standard InChI is InChI=1S/C14H12Cl2N2O/c15-11-5-9(6-12(16)7-11)8-18-13-3-1-10(2-4-13)14(17)19/h1-7,18H,8H2,(H2,17,19). The normalized spacial score (nSPS) is 10.2. The molecule has 0 unspecified atom stereocenters. The fraction of sp³-hybridized carbons (Fsp3) is 0.0714. The van der Waals surface area contributed by atoms with Crippen molar-refractivity contribution >= 4 is 34.8 Å². The number of halogens is 2. The minimum Gasteiger partial charge on any atom is -0.381 e. The van der Waals surface area contributed by atoms with E-state index in [-0.39, 0.29) is 0 Å². The number of hydrogen-bond acceptors (Lipinski definition) is 2. The Balaban J connectivity index is 2.03. The molecule has 19 heavy (non-hydrogen) atoms. The maximum absolute atomic E-state index is 10.9. The van der Waals surface area contributed by atoms with Gasteiger partial charge in [-0.15, -0.1) is 0 Å². The summed E-state index contributed by atoms with van der Waals surface area (Å²) in [5.74, 6) is -0.437. The zero-order valence-electron chi connectivity index (χ0n) is 9.99. The van der Waals surface area contributed by atoms with Crippen molar-refractivity contribution in [1.29, 1.82) is 0 Å². The fourth-order valence-corrected chi connectivity index (χ4v) is 2.24. The zero-order valence-corrected chi connectivity index (χ0v) is 11.5. The lowest BCUT2D eigenvalue weighted by molar-refractivity contribution is 0.100. The summed E-state index contributed by atoms with van der Waals surface area (Å²) < 4.78 is 0. The van der Waals surface area contributed by atoms with Crippen molar-refractivity contribution in [2.45, 2.75) is 6.54 Å². The molecule has 0 heterocycles. The lowest BCUT2D eigenvalue weighted by Crippen LogP contribution is -2.10. The van der Waals surface area contributed by atoms with Gasteiger partial charge in [0.05, 0.1) is 0 Å². The lowest BCUT2D eigenvalue weighted by Gasteiger charge is -2.08. The highest BCUT2D eigenvalue weighted by Gasteiger charge is 2.01. The summed E-state index contributed by atoms with van der Waals surface area (Å²) in [5.41, 5.74) is 7.53. The van der Waals surface area contributed by atoms with Gasteiger partial charge in [-0.1, -0.05) is 23.2 Å². The van der Waals surface area contributed by atoms with Crippen molar-refractivity contribution in [3.8, 4) is 0 Å². The van der Waals surface area contributed by atoms with Gasteiger partial charge in [0.15, 0.2) is 0 Å². The molecule has 1 amide bonds. The Labute approximate surface area is 121 Å². The SMILES string of the molecule is NC(=O)c1ccc(NCc2cc(Cl)cc(Cl)c2)cc1. The maximum atomic E-state index is 10.9. The van der Waals surface area contributed by atoms with Gasteiger partial charge in [0, 0.05) is 27.8 Å². The number of nitrogens with two attached hydrogens (primary N) is 1. The smallest absolute Gasteiger partial charge is 0.248 e. The first-order valence-corrected chi connectivity index (χ1v) is 6.39. The molecular weight excluding hydrogens is 283 g/mol. The van der Waals surface area contributed by atoms with E-state index in [2.05, 4.69) is 5.32 Å². The molecule has 3 N–H and O–H groups in total. The first-order valence-electron chi connectivity index (χ1n) is 5.63. The van der Waals surface area contributed by atoms with Crippen molar-refractivity contribution in [3.05, 3.63) is 63.6 Å². The first-order chi connectivity index (χ1) is 9.04. The number of carbonyl (C=O) groups is 1. The maximum Gasteiger partial charge on any atom is 0.248 e. The lowest BCUT2D eigenvalue weighted by atomic mass is 10.2. The molecule has 5 heteroatoms. The Morgan fingerprint density at radius 3 is 2.16 bits per heavy atom. The molecule has 0 radical (unpaired) electrons. The molecule has 0 aliphatic carbocycles. The molecule has 2 aromatic carbocycles. The van der Waals surface area contributed by atoms with Crippen LogP contribution in [0.25, 0.3) is 0 Å². The second kappa shape index (κ2) is 5.95. The third-order valence-electron chi connectivity index (χ3n) is 2.59. The van der Waals surface area contributed by atoms with Crippen molar-refractivity contribution in [3.63, 3.8) is 0 Å². The number of hydrogen-bond donors (Lipinski definition) is 2. The van der Waals surface area contributed by atoms with Crippen LogP contribution in [-0.2, 0) is 6.54 Å². The Morgan fingerprint density at radius 2 is 1.63 bits per heavy atom. The average molecular weight is 295 g/mol. The molecule has 0 saturated heterocycles. The fourth-order valence-electron chi connectivity index (χ4n) is 1.67. The van der Waals surface area contributed by atoms with E-state index in [4.69, 9.17) is 28.9 Å². The highest BCUT2D eigenvalue weighted by Crippen LogP contribution is 2.20. The van der Waals surface area contributed by atoms with E-state index >= 15 is 0 Å². The third kappa shape index (κ3) is 3.88. The molecule has 0 atom stereocenters. The van der Waals surface area contributed by atoms with Crippen LogP contribution in [0.15, 0.2) is 42.5 Å². The van der Waals surface area contributed by atoms with Crippen LogP contribution in [0, 0.1) is 0 Å². The van der Waals surface area contributed by atoms with Gasteiger partial charge in [0.1, 0.15) is 0 Å². The van der Waals surface area contributed by atoms with Crippen molar-refractivity contribution < 1.29 is 4.79 Å². The number of primary amides is 1. The molecule has 98 valence electrons.